The minimum Gasteiger partial charge on any atom is -0.375 e. The van der Waals surface area contributed by atoms with E-state index >= 15 is 0 Å². The van der Waals surface area contributed by atoms with Gasteiger partial charge in [-0.1, -0.05) is 6.92 Å². The number of nitrogens with two attached hydrogens (primary N) is 1. The van der Waals surface area contributed by atoms with E-state index in [0.717, 1.165) is 0 Å². The lowest BCUT2D eigenvalue weighted by Crippen LogP contribution is -2.38. The summed E-state index contributed by atoms with van der Waals surface area (Å²) >= 11 is 0. The Balaban J connectivity index is 2.50. The van der Waals surface area contributed by atoms with Gasteiger partial charge in [-0.2, -0.15) is 13.2 Å². The summed E-state index contributed by atoms with van der Waals surface area (Å²) in [4.78, 5) is 0. The summed E-state index contributed by atoms with van der Waals surface area (Å²) in [6.45, 7) is 5.82. The summed E-state index contributed by atoms with van der Waals surface area (Å²) in [5, 5.41) is 0. The Morgan fingerprint density at radius 2 is 1.75 bits per heavy atom. The normalized spacial score (nSPS) is 37.7. The molecule has 16 heavy (non-hydrogen) atoms. The standard InChI is InChI=1S/C11H20F3NO/c1-6-7(2)16-8(3)10(6)9(15)4-5-11(12,13)14/h6-10H,4-5,15H2,1-3H3. The Labute approximate surface area is 94.3 Å². The summed E-state index contributed by atoms with van der Waals surface area (Å²) in [5.41, 5.74) is 5.85. The fourth-order valence-corrected chi connectivity index (χ4v) is 2.55. The molecular formula is C11H20F3NO. The summed E-state index contributed by atoms with van der Waals surface area (Å²) < 4.78 is 41.8. The van der Waals surface area contributed by atoms with Gasteiger partial charge in [-0.05, 0) is 26.2 Å². The number of hydrogen-bond donors (Lipinski definition) is 1. The van der Waals surface area contributed by atoms with Crippen molar-refractivity contribution in [1.29, 1.82) is 0 Å². The van der Waals surface area contributed by atoms with E-state index in [0.29, 0.717) is 0 Å². The second-order valence-electron chi connectivity index (χ2n) is 4.80. The monoisotopic (exact) mass is 239 g/mol. The molecule has 1 saturated heterocycles. The highest BCUT2D eigenvalue weighted by Gasteiger charge is 2.41. The molecular weight excluding hydrogens is 219 g/mol. The molecule has 1 rings (SSSR count). The minimum atomic E-state index is -4.12. The van der Waals surface area contributed by atoms with Crippen molar-refractivity contribution in [3.8, 4) is 0 Å². The van der Waals surface area contributed by atoms with Gasteiger partial charge in [-0.15, -0.1) is 0 Å². The van der Waals surface area contributed by atoms with Crippen molar-refractivity contribution in [2.24, 2.45) is 17.6 Å². The Morgan fingerprint density at radius 1 is 1.19 bits per heavy atom. The predicted octanol–water partition coefficient (Wildman–Crippen LogP) is 2.72. The van der Waals surface area contributed by atoms with Crippen LogP contribution in [0.25, 0.3) is 0 Å². The van der Waals surface area contributed by atoms with Gasteiger partial charge in [0.1, 0.15) is 0 Å². The molecule has 1 heterocycles. The quantitative estimate of drug-likeness (QED) is 0.821. The average molecular weight is 239 g/mol. The molecule has 1 aliphatic heterocycles. The van der Waals surface area contributed by atoms with Gasteiger partial charge in [0.15, 0.2) is 0 Å². The number of hydrogen-bond acceptors (Lipinski definition) is 2. The lowest BCUT2D eigenvalue weighted by atomic mass is 9.82. The molecule has 0 bridgehead atoms. The largest absolute Gasteiger partial charge is 0.389 e. The molecule has 0 saturated carbocycles. The van der Waals surface area contributed by atoms with Crippen LogP contribution in [0.1, 0.15) is 33.6 Å². The van der Waals surface area contributed by atoms with Gasteiger partial charge in [-0.3, -0.25) is 0 Å². The first kappa shape index (κ1) is 13.8. The molecule has 0 radical (unpaired) electrons. The van der Waals surface area contributed by atoms with Gasteiger partial charge >= 0.3 is 6.18 Å². The molecule has 0 aromatic rings. The summed E-state index contributed by atoms with van der Waals surface area (Å²) in [7, 11) is 0. The smallest absolute Gasteiger partial charge is 0.375 e. The maximum atomic E-state index is 12.1. The van der Waals surface area contributed by atoms with Gasteiger partial charge in [0.25, 0.3) is 0 Å². The van der Waals surface area contributed by atoms with Gasteiger partial charge in [0, 0.05) is 18.4 Å². The number of halogens is 3. The zero-order valence-corrected chi connectivity index (χ0v) is 9.92. The molecule has 0 amide bonds. The van der Waals surface area contributed by atoms with Crippen LogP contribution in [0, 0.1) is 11.8 Å². The van der Waals surface area contributed by atoms with Crippen molar-refractivity contribution in [3.63, 3.8) is 0 Å². The Morgan fingerprint density at radius 3 is 2.12 bits per heavy atom. The van der Waals surface area contributed by atoms with E-state index in [2.05, 4.69) is 0 Å². The number of ether oxygens (including phenoxy) is 1. The predicted molar refractivity (Wildman–Crippen MR) is 55.9 cm³/mol. The van der Waals surface area contributed by atoms with Crippen LogP contribution in [0.5, 0.6) is 0 Å². The van der Waals surface area contributed by atoms with Crippen molar-refractivity contribution in [1.82, 2.24) is 0 Å². The highest BCUT2D eigenvalue weighted by molar-refractivity contribution is 4.90. The van der Waals surface area contributed by atoms with Crippen LogP contribution in [0.15, 0.2) is 0 Å². The zero-order valence-electron chi connectivity index (χ0n) is 9.92. The maximum Gasteiger partial charge on any atom is 0.389 e. The van der Waals surface area contributed by atoms with E-state index in [9.17, 15) is 13.2 Å². The Hall–Kier alpha value is -0.290. The lowest BCUT2D eigenvalue weighted by Gasteiger charge is -2.26. The lowest BCUT2D eigenvalue weighted by molar-refractivity contribution is -0.137. The average Bonchev–Trinajstić information content (AvgIpc) is 2.36. The number of alkyl halides is 3. The van der Waals surface area contributed by atoms with Crippen molar-refractivity contribution in [2.45, 2.75) is 58.0 Å². The third-order valence-corrected chi connectivity index (χ3v) is 3.57. The van der Waals surface area contributed by atoms with Crippen LogP contribution in [0.4, 0.5) is 13.2 Å². The van der Waals surface area contributed by atoms with E-state index in [1.165, 1.54) is 0 Å². The molecule has 5 unspecified atom stereocenters. The summed E-state index contributed by atoms with van der Waals surface area (Å²) in [6, 6.07) is -0.434. The highest BCUT2D eigenvalue weighted by Crippen LogP contribution is 2.36. The maximum absolute atomic E-state index is 12.1. The van der Waals surface area contributed by atoms with Crippen LogP contribution in [0.2, 0.25) is 0 Å². The third kappa shape index (κ3) is 3.35. The Bertz CT molecular complexity index is 232. The fourth-order valence-electron chi connectivity index (χ4n) is 2.55. The van der Waals surface area contributed by atoms with Crippen LogP contribution in [-0.4, -0.2) is 24.4 Å². The SMILES string of the molecule is CC1OC(C)C(C(N)CCC(F)(F)F)C1C. The third-order valence-electron chi connectivity index (χ3n) is 3.57. The van der Waals surface area contributed by atoms with E-state index in [1.54, 1.807) is 0 Å². The molecule has 2 nitrogen and oxygen atoms in total. The van der Waals surface area contributed by atoms with E-state index < -0.39 is 18.6 Å². The first-order valence-electron chi connectivity index (χ1n) is 5.70. The van der Waals surface area contributed by atoms with E-state index in [4.69, 9.17) is 10.5 Å². The van der Waals surface area contributed by atoms with Gasteiger partial charge in [0.05, 0.1) is 12.2 Å². The first-order chi connectivity index (χ1) is 7.22. The summed E-state index contributed by atoms with van der Waals surface area (Å²) in [6.07, 6.45) is -4.91. The molecule has 1 aliphatic rings. The van der Waals surface area contributed by atoms with Crippen LogP contribution in [0.3, 0.4) is 0 Å². The molecule has 1 fully saturated rings. The second kappa shape index (κ2) is 4.92. The van der Waals surface area contributed by atoms with Crippen LogP contribution < -0.4 is 5.73 Å². The van der Waals surface area contributed by atoms with Crippen molar-refractivity contribution in [3.05, 3.63) is 0 Å². The van der Waals surface area contributed by atoms with E-state index in [1.807, 2.05) is 20.8 Å². The van der Waals surface area contributed by atoms with E-state index in [-0.39, 0.29) is 30.5 Å². The molecule has 0 spiro atoms. The van der Waals surface area contributed by atoms with Gasteiger partial charge in [-0.25, -0.2) is 0 Å². The molecule has 2 N–H and O–H groups in total. The minimum absolute atomic E-state index is 0.0150. The molecule has 96 valence electrons. The molecule has 0 aromatic heterocycles. The fraction of sp³-hybridized carbons (Fsp3) is 1.00. The zero-order chi connectivity index (χ0) is 12.5. The molecule has 5 atom stereocenters. The molecule has 5 heteroatoms. The van der Waals surface area contributed by atoms with Crippen molar-refractivity contribution >= 4 is 0 Å². The number of rotatable bonds is 3. The summed E-state index contributed by atoms with van der Waals surface area (Å²) in [5.74, 6) is 0.246. The van der Waals surface area contributed by atoms with Gasteiger partial charge in [0.2, 0.25) is 0 Å². The van der Waals surface area contributed by atoms with Crippen molar-refractivity contribution < 1.29 is 17.9 Å². The second-order valence-corrected chi connectivity index (χ2v) is 4.80. The van der Waals surface area contributed by atoms with Crippen molar-refractivity contribution in [2.75, 3.05) is 0 Å². The molecule has 0 aliphatic carbocycles. The molecule has 0 aromatic carbocycles. The van der Waals surface area contributed by atoms with Gasteiger partial charge < -0.3 is 10.5 Å². The highest BCUT2D eigenvalue weighted by atomic mass is 19.4. The Kier molecular flexibility index (Phi) is 4.23. The van der Waals surface area contributed by atoms with Crippen LogP contribution in [-0.2, 0) is 4.74 Å². The van der Waals surface area contributed by atoms with Crippen LogP contribution >= 0.6 is 0 Å². The first-order valence-corrected chi connectivity index (χ1v) is 5.70. The topological polar surface area (TPSA) is 35.2 Å².